The van der Waals surface area contributed by atoms with Gasteiger partial charge in [-0.05, 0) is 42.0 Å². The molecule has 0 aliphatic carbocycles. The summed E-state index contributed by atoms with van der Waals surface area (Å²) in [5, 5.41) is 12.0. The highest BCUT2D eigenvalue weighted by Crippen LogP contribution is 2.23. The molecular weight excluding hydrogens is 368 g/mol. The van der Waals surface area contributed by atoms with Crippen LogP contribution in [0.1, 0.15) is 29.5 Å². The van der Waals surface area contributed by atoms with E-state index in [0.29, 0.717) is 19.5 Å². The number of anilines is 1. The van der Waals surface area contributed by atoms with E-state index in [0.717, 1.165) is 37.3 Å². The first-order valence-electron chi connectivity index (χ1n) is 10.1. The number of carbonyl (C=O) groups excluding carboxylic acids is 1. The fourth-order valence-corrected chi connectivity index (χ4v) is 4.05. The molecule has 0 spiro atoms. The van der Waals surface area contributed by atoms with Crippen LogP contribution in [0.15, 0.2) is 42.6 Å². The summed E-state index contributed by atoms with van der Waals surface area (Å²) in [6.07, 6.45) is 4.17. The average Bonchev–Trinajstić information content (AvgIpc) is 2.77. The van der Waals surface area contributed by atoms with Crippen LogP contribution in [-0.2, 0) is 24.3 Å². The topological polar surface area (TPSA) is 85.8 Å². The quantitative estimate of drug-likeness (QED) is 0.833. The lowest BCUT2D eigenvalue weighted by Gasteiger charge is -2.31. The highest BCUT2D eigenvalue weighted by molar-refractivity contribution is 5.76. The zero-order valence-corrected chi connectivity index (χ0v) is 16.4. The van der Waals surface area contributed by atoms with Crippen LogP contribution < -0.4 is 10.2 Å². The van der Waals surface area contributed by atoms with Gasteiger partial charge in [0.2, 0.25) is 0 Å². The number of aromatic nitrogens is 1. The molecule has 7 nitrogen and oxygen atoms in total. The minimum Gasteiger partial charge on any atom is -0.481 e. The molecule has 1 aromatic carbocycles. The predicted octanol–water partition coefficient (Wildman–Crippen LogP) is 2.65. The van der Waals surface area contributed by atoms with Crippen LogP contribution in [0, 0.1) is 5.92 Å². The molecule has 2 amide bonds. The maximum Gasteiger partial charge on any atom is 0.317 e. The van der Waals surface area contributed by atoms with Crippen molar-refractivity contribution >= 4 is 17.8 Å². The zero-order chi connectivity index (χ0) is 20.2. The third kappa shape index (κ3) is 4.50. The van der Waals surface area contributed by atoms with Crippen LogP contribution in [0.4, 0.5) is 10.6 Å². The number of carboxylic acids is 1. The Morgan fingerprint density at radius 3 is 2.72 bits per heavy atom. The van der Waals surface area contributed by atoms with Crippen molar-refractivity contribution in [2.24, 2.45) is 5.92 Å². The summed E-state index contributed by atoms with van der Waals surface area (Å²) in [6.45, 7) is 3.06. The minimum atomic E-state index is -0.831. The van der Waals surface area contributed by atoms with Gasteiger partial charge in [-0.15, -0.1) is 0 Å². The van der Waals surface area contributed by atoms with Crippen molar-refractivity contribution in [3.8, 4) is 0 Å². The Labute approximate surface area is 170 Å². The summed E-state index contributed by atoms with van der Waals surface area (Å²) in [6, 6.07) is 12.3. The molecule has 1 unspecified atom stereocenters. The van der Waals surface area contributed by atoms with Gasteiger partial charge < -0.3 is 20.2 Å². The summed E-state index contributed by atoms with van der Waals surface area (Å²) in [5.41, 5.74) is 3.68. The van der Waals surface area contributed by atoms with Crippen LogP contribution in [0.25, 0.3) is 0 Å². The number of nitrogens with one attached hydrogen (secondary N) is 1. The largest absolute Gasteiger partial charge is 0.481 e. The highest BCUT2D eigenvalue weighted by atomic mass is 16.4. The van der Waals surface area contributed by atoms with Gasteiger partial charge in [0.05, 0.1) is 5.92 Å². The molecule has 1 aromatic heterocycles. The molecule has 3 heterocycles. The van der Waals surface area contributed by atoms with Gasteiger partial charge in [0.15, 0.2) is 0 Å². The van der Waals surface area contributed by atoms with E-state index in [1.54, 1.807) is 11.1 Å². The number of hydrogen-bond acceptors (Lipinski definition) is 4. The van der Waals surface area contributed by atoms with Crippen molar-refractivity contribution in [3.63, 3.8) is 0 Å². The van der Waals surface area contributed by atoms with Gasteiger partial charge in [-0.1, -0.05) is 30.3 Å². The number of rotatable bonds is 4. The summed E-state index contributed by atoms with van der Waals surface area (Å²) in [4.78, 5) is 32.0. The second-order valence-corrected chi connectivity index (χ2v) is 7.75. The number of carboxylic acid groups (broad SMARTS) is 1. The van der Waals surface area contributed by atoms with Gasteiger partial charge in [0.25, 0.3) is 0 Å². The second kappa shape index (κ2) is 8.51. The van der Waals surface area contributed by atoms with Crippen LogP contribution in [0.3, 0.4) is 0 Å². The molecule has 0 bridgehead atoms. The molecule has 29 heavy (non-hydrogen) atoms. The smallest absolute Gasteiger partial charge is 0.317 e. The normalized spacial score (nSPS) is 18.8. The lowest BCUT2D eigenvalue weighted by atomic mass is 9.99. The number of carbonyl (C=O) groups is 2. The Hall–Kier alpha value is -3.09. The van der Waals surface area contributed by atoms with E-state index in [2.05, 4.69) is 39.5 Å². The maximum atomic E-state index is 12.4. The first-order valence-corrected chi connectivity index (χ1v) is 10.1. The highest BCUT2D eigenvalue weighted by Gasteiger charge is 2.28. The number of urea groups is 1. The van der Waals surface area contributed by atoms with Crippen LogP contribution >= 0.6 is 0 Å². The third-order valence-corrected chi connectivity index (χ3v) is 5.77. The molecule has 0 radical (unpaired) electrons. The van der Waals surface area contributed by atoms with Crippen molar-refractivity contribution in [1.82, 2.24) is 15.2 Å². The van der Waals surface area contributed by atoms with Gasteiger partial charge in [-0.25, -0.2) is 9.78 Å². The first kappa shape index (κ1) is 19.2. The van der Waals surface area contributed by atoms with E-state index in [4.69, 9.17) is 5.11 Å². The SMILES string of the molecule is O=C(O)C1CCCN(C(=O)NCc2ccc(N3CCc4ccccc4C3)nc2)C1. The van der Waals surface area contributed by atoms with Crippen molar-refractivity contribution in [3.05, 3.63) is 59.3 Å². The van der Waals surface area contributed by atoms with E-state index >= 15 is 0 Å². The van der Waals surface area contributed by atoms with E-state index in [1.165, 1.54) is 11.1 Å². The maximum absolute atomic E-state index is 12.4. The van der Waals surface area contributed by atoms with Crippen molar-refractivity contribution in [1.29, 1.82) is 0 Å². The first-order chi connectivity index (χ1) is 14.1. The number of likely N-dealkylation sites (tertiary alicyclic amines) is 1. The number of benzene rings is 1. The van der Waals surface area contributed by atoms with Crippen LogP contribution in [-0.4, -0.2) is 46.6 Å². The Bertz CT molecular complexity index is 884. The van der Waals surface area contributed by atoms with E-state index in [-0.39, 0.29) is 12.6 Å². The van der Waals surface area contributed by atoms with Crippen LogP contribution in [0.2, 0.25) is 0 Å². The lowest BCUT2D eigenvalue weighted by molar-refractivity contribution is -0.143. The summed E-state index contributed by atoms with van der Waals surface area (Å²) < 4.78 is 0. The summed E-state index contributed by atoms with van der Waals surface area (Å²) in [7, 11) is 0. The molecule has 2 aromatic rings. The molecule has 1 fully saturated rings. The Morgan fingerprint density at radius 1 is 1.14 bits per heavy atom. The van der Waals surface area contributed by atoms with Crippen molar-refractivity contribution < 1.29 is 14.7 Å². The van der Waals surface area contributed by atoms with Gasteiger partial charge in [0, 0.05) is 38.9 Å². The fraction of sp³-hybridized carbons (Fsp3) is 0.409. The van der Waals surface area contributed by atoms with Crippen molar-refractivity contribution in [2.45, 2.75) is 32.4 Å². The monoisotopic (exact) mass is 394 g/mol. The second-order valence-electron chi connectivity index (χ2n) is 7.75. The molecular formula is C22H26N4O3. The predicted molar refractivity (Wildman–Crippen MR) is 110 cm³/mol. The van der Waals surface area contributed by atoms with Gasteiger partial charge in [-0.3, -0.25) is 4.79 Å². The number of amides is 2. The Balaban J connectivity index is 1.31. The molecule has 152 valence electrons. The molecule has 4 rings (SSSR count). The summed E-state index contributed by atoms with van der Waals surface area (Å²) >= 11 is 0. The lowest BCUT2D eigenvalue weighted by Crippen LogP contribution is -2.46. The standard InChI is InChI=1S/C22H26N4O3/c27-21(28)19-6-3-10-26(15-19)22(29)24-13-16-7-8-20(23-12-16)25-11-9-17-4-1-2-5-18(17)14-25/h1-2,4-5,7-8,12,19H,3,6,9-11,13-15H2,(H,24,29)(H,27,28). The van der Waals surface area contributed by atoms with Gasteiger partial charge in [0.1, 0.15) is 5.82 Å². The van der Waals surface area contributed by atoms with E-state index in [1.807, 2.05) is 12.1 Å². The number of piperidine rings is 1. The number of hydrogen-bond donors (Lipinski definition) is 2. The minimum absolute atomic E-state index is 0.215. The Morgan fingerprint density at radius 2 is 1.97 bits per heavy atom. The fourth-order valence-electron chi connectivity index (χ4n) is 4.05. The molecule has 1 atom stereocenters. The zero-order valence-electron chi connectivity index (χ0n) is 16.4. The number of aliphatic carboxylic acids is 1. The van der Waals surface area contributed by atoms with Crippen LogP contribution in [0.5, 0.6) is 0 Å². The van der Waals surface area contributed by atoms with Gasteiger partial charge >= 0.3 is 12.0 Å². The molecule has 2 N–H and O–H groups in total. The molecule has 2 aliphatic heterocycles. The molecule has 2 aliphatic rings. The third-order valence-electron chi connectivity index (χ3n) is 5.77. The Kier molecular flexibility index (Phi) is 5.64. The molecule has 1 saturated heterocycles. The number of pyridine rings is 1. The van der Waals surface area contributed by atoms with Gasteiger partial charge in [-0.2, -0.15) is 0 Å². The van der Waals surface area contributed by atoms with E-state index < -0.39 is 11.9 Å². The molecule has 7 heteroatoms. The summed E-state index contributed by atoms with van der Waals surface area (Å²) in [5.74, 6) is -0.359. The van der Waals surface area contributed by atoms with E-state index in [9.17, 15) is 9.59 Å². The number of nitrogens with zero attached hydrogens (tertiary/aromatic N) is 3. The van der Waals surface area contributed by atoms with Crippen molar-refractivity contribution in [2.75, 3.05) is 24.5 Å². The average molecular weight is 394 g/mol. The number of fused-ring (bicyclic) bond motifs is 1. The molecule has 0 saturated carbocycles.